The molecule has 1 aliphatic carbocycles. The van der Waals surface area contributed by atoms with E-state index < -0.39 is 0 Å². The number of hydrogen-bond donors (Lipinski definition) is 1. The van der Waals surface area contributed by atoms with Gasteiger partial charge in [0.15, 0.2) is 0 Å². The Morgan fingerprint density at radius 1 is 1.37 bits per heavy atom. The molecule has 1 aromatic heterocycles. The molecule has 0 amide bonds. The lowest BCUT2D eigenvalue weighted by Crippen LogP contribution is -2.43. The van der Waals surface area contributed by atoms with Gasteiger partial charge in [0.25, 0.3) is 0 Å². The van der Waals surface area contributed by atoms with Gasteiger partial charge in [0.2, 0.25) is 0 Å². The van der Waals surface area contributed by atoms with E-state index in [2.05, 4.69) is 50.0 Å². The molecule has 1 aliphatic rings. The van der Waals surface area contributed by atoms with Crippen LogP contribution in [0.2, 0.25) is 0 Å². The first-order valence-electron chi connectivity index (χ1n) is 7.82. The molecule has 1 unspecified atom stereocenters. The Morgan fingerprint density at radius 2 is 2.11 bits per heavy atom. The van der Waals surface area contributed by atoms with Crippen molar-refractivity contribution in [3.8, 4) is 0 Å². The quantitative estimate of drug-likeness (QED) is 0.815. The van der Waals surface area contributed by atoms with Crippen molar-refractivity contribution in [3.05, 3.63) is 18.0 Å². The van der Waals surface area contributed by atoms with Crippen molar-refractivity contribution in [1.29, 1.82) is 0 Å². The second-order valence-electron chi connectivity index (χ2n) is 6.61. The van der Waals surface area contributed by atoms with Crippen molar-refractivity contribution in [2.45, 2.75) is 71.9 Å². The third-order valence-electron chi connectivity index (χ3n) is 4.56. The Morgan fingerprint density at radius 3 is 2.63 bits per heavy atom. The highest BCUT2D eigenvalue weighted by atomic mass is 15.3. The van der Waals surface area contributed by atoms with Gasteiger partial charge in [-0.25, -0.2) is 0 Å². The smallest absolute Gasteiger partial charge is 0.0630 e. The SMILES string of the molecule is CCC(C)n1ccc(CC2(CNC(C)C)CCC2)n1. The molecule has 1 atom stereocenters. The lowest BCUT2D eigenvalue weighted by molar-refractivity contribution is 0.125. The molecule has 0 aliphatic heterocycles. The maximum atomic E-state index is 4.76. The molecule has 0 aromatic carbocycles. The molecule has 1 fully saturated rings. The van der Waals surface area contributed by atoms with E-state index >= 15 is 0 Å². The number of rotatable bonds is 7. The molecule has 0 radical (unpaired) electrons. The zero-order valence-electron chi connectivity index (χ0n) is 12.9. The maximum Gasteiger partial charge on any atom is 0.0630 e. The van der Waals surface area contributed by atoms with Crippen LogP contribution in [0.15, 0.2) is 12.3 Å². The third kappa shape index (κ3) is 3.59. The lowest BCUT2D eigenvalue weighted by Gasteiger charge is -2.42. The second kappa shape index (κ2) is 6.08. The monoisotopic (exact) mass is 263 g/mol. The minimum Gasteiger partial charge on any atom is -0.314 e. The number of nitrogens with one attached hydrogen (secondary N) is 1. The normalized spacial score (nSPS) is 19.4. The Hall–Kier alpha value is -0.830. The van der Waals surface area contributed by atoms with Gasteiger partial charge in [-0.3, -0.25) is 4.68 Å². The van der Waals surface area contributed by atoms with Crippen LogP contribution in [0.5, 0.6) is 0 Å². The van der Waals surface area contributed by atoms with E-state index in [0.717, 1.165) is 19.4 Å². The molecule has 1 saturated carbocycles. The first-order valence-corrected chi connectivity index (χ1v) is 7.82. The molecule has 3 nitrogen and oxygen atoms in total. The van der Waals surface area contributed by atoms with E-state index in [0.29, 0.717) is 17.5 Å². The van der Waals surface area contributed by atoms with E-state index in [1.807, 2.05) is 0 Å². The minimum absolute atomic E-state index is 0.471. The van der Waals surface area contributed by atoms with Gasteiger partial charge < -0.3 is 5.32 Å². The van der Waals surface area contributed by atoms with E-state index in [1.54, 1.807) is 0 Å². The van der Waals surface area contributed by atoms with Crippen molar-refractivity contribution >= 4 is 0 Å². The molecule has 1 N–H and O–H groups in total. The first-order chi connectivity index (χ1) is 9.04. The highest BCUT2D eigenvalue weighted by Crippen LogP contribution is 2.43. The summed E-state index contributed by atoms with van der Waals surface area (Å²) < 4.78 is 2.12. The van der Waals surface area contributed by atoms with Crippen molar-refractivity contribution in [1.82, 2.24) is 15.1 Å². The van der Waals surface area contributed by atoms with Gasteiger partial charge in [-0.2, -0.15) is 5.10 Å². The van der Waals surface area contributed by atoms with E-state index in [9.17, 15) is 0 Å². The third-order valence-corrected chi connectivity index (χ3v) is 4.56. The topological polar surface area (TPSA) is 29.9 Å². The van der Waals surface area contributed by atoms with Gasteiger partial charge in [0, 0.05) is 24.8 Å². The molecule has 0 bridgehead atoms. The molecule has 0 saturated heterocycles. The molecule has 3 heteroatoms. The molecule has 2 rings (SSSR count). The Balaban J connectivity index is 1.96. The van der Waals surface area contributed by atoms with E-state index in [1.165, 1.54) is 25.0 Å². The largest absolute Gasteiger partial charge is 0.314 e. The Labute approximate surface area is 117 Å². The van der Waals surface area contributed by atoms with Gasteiger partial charge in [-0.15, -0.1) is 0 Å². The summed E-state index contributed by atoms with van der Waals surface area (Å²) in [6.45, 7) is 10.0. The van der Waals surface area contributed by atoms with Crippen LogP contribution >= 0.6 is 0 Å². The van der Waals surface area contributed by atoms with Crippen molar-refractivity contribution in [3.63, 3.8) is 0 Å². The molecular weight excluding hydrogens is 234 g/mol. The number of aromatic nitrogens is 2. The predicted octanol–water partition coefficient (Wildman–Crippen LogP) is 3.56. The van der Waals surface area contributed by atoms with Crippen LogP contribution in [0.4, 0.5) is 0 Å². The van der Waals surface area contributed by atoms with Gasteiger partial charge >= 0.3 is 0 Å². The number of hydrogen-bond acceptors (Lipinski definition) is 2. The highest BCUT2D eigenvalue weighted by molar-refractivity contribution is 5.07. The molecule has 1 heterocycles. The standard InChI is InChI=1S/C16H29N3/c1-5-14(4)19-10-7-15(18-19)11-16(8-6-9-16)12-17-13(2)3/h7,10,13-14,17H,5-6,8-9,11-12H2,1-4H3. The van der Waals surface area contributed by atoms with Crippen LogP contribution in [0, 0.1) is 5.41 Å². The second-order valence-corrected chi connectivity index (χ2v) is 6.61. The van der Waals surface area contributed by atoms with E-state index in [4.69, 9.17) is 5.10 Å². The Bertz CT molecular complexity index is 390. The molecule has 1 aromatic rings. The van der Waals surface area contributed by atoms with Crippen LogP contribution in [0.1, 0.15) is 65.1 Å². The summed E-state index contributed by atoms with van der Waals surface area (Å²) in [5.74, 6) is 0. The van der Waals surface area contributed by atoms with Crippen LogP contribution < -0.4 is 5.32 Å². The van der Waals surface area contributed by atoms with Crippen molar-refractivity contribution < 1.29 is 0 Å². The first kappa shape index (κ1) is 14.6. The fourth-order valence-corrected chi connectivity index (χ4v) is 2.80. The van der Waals surface area contributed by atoms with Crippen molar-refractivity contribution in [2.75, 3.05) is 6.54 Å². The Kier molecular flexibility index (Phi) is 4.67. The minimum atomic E-state index is 0.471. The number of nitrogens with zero attached hydrogens (tertiary/aromatic N) is 2. The van der Waals surface area contributed by atoms with Crippen LogP contribution in [0.25, 0.3) is 0 Å². The average molecular weight is 263 g/mol. The summed E-state index contributed by atoms with van der Waals surface area (Å²) in [6, 6.07) is 3.30. The van der Waals surface area contributed by atoms with E-state index in [-0.39, 0.29) is 0 Å². The van der Waals surface area contributed by atoms with Gasteiger partial charge in [-0.1, -0.05) is 27.2 Å². The molecule has 108 valence electrons. The zero-order chi connectivity index (χ0) is 13.9. The summed E-state index contributed by atoms with van der Waals surface area (Å²) in [7, 11) is 0. The molecule has 0 spiro atoms. The maximum absolute atomic E-state index is 4.76. The average Bonchev–Trinajstić information content (AvgIpc) is 2.79. The van der Waals surface area contributed by atoms with Gasteiger partial charge in [0.1, 0.15) is 0 Å². The van der Waals surface area contributed by atoms with Crippen molar-refractivity contribution in [2.24, 2.45) is 5.41 Å². The molecule has 19 heavy (non-hydrogen) atoms. The zero-order valence-corrected chi connectivity index (χ0v) is 12.9. The fourth-order valence-electron chi connectivity index (χ4n) is 2.80. The summed E-state index contributed by atoms with van der Waals surface area (Å²) in [4.78, 5) is 0. The lowest BCUT2D eigenvalue weighted by atomic mass is 9.66. The van der Waals surface area contributed by atoms with Gasteiger partial charge in [-0.05, 0) is 44.1 Å². The summed E-state index contributed by atoms with van der Waals surface area (Å²) in [5, 5.41) is 8.38. The summed E-state index contributed by atoms with van der Waals surface area (Å²) >= 11 is 0. The van der Waals surface area contributed by atoms with Crippen LogP contribution in [-0.4, -0.2) is 22.4 Å². The summed E-state index contributed by atoms with van der Waals surface area (Å²) in [5.41, 5.74) is 1.74. The summed E-state index contributed by atoms with van der Waals surface area (Å²) in [6.07, 6.45) is 8.50. The van der Waals surface area contributed by atoms with Crippen LogP contribution in [0.3, 0.4) is 0 Å². The van der Waals surface area contributed by atoms with Gasteiger partial charge in [0.05, 0.1) is 5.69 Å². The predicted molar refractivity (Wildman–Crippen MR) is 80.4 cm³/mol. The van der Waals surface area contributed by atoms with Crippen LogP contribution in [-0.2, 0) is 6.42 Å². The molecular formula is C16H29N3. The fraction of sp³-hybridized carbons (Fsp3) is 0.812. The highest BCUT2D eigenvalue weighted by Gasteiger charge is 2.37.